The lowest BCUT2D eigenvalue weighted by atomic mass is 9.89. The summed E-state index contributed by atoms with van der Waals surface area (Å²) < 4.78 is 5.80. The Morgan fingerprint density at radius 2 is 1.78 bits per heavy atom. The third-order valence-corrected chi connectivity index (χ3v) is 5.00. The van der Waals surface area contributed by atoms with Gasteiger partial charge in [-0.25, -0.2) is 0 Å². The minimum Gasteiger partial charge on any atom is -0.481 e. The van der Waals surface area contributed by atoms with Crippen LogP contribution in [-0.4, -0.2) is 46.3 Å². The second-order valence-electron chi connectivity index (χ2n) is 6.31. The van der Waals surface area contributed by atoms with Crippen LogP contribution in [0.4, 0.5) is 0 Å². The Hall–Kier alpha value is -0.610. The zero-order valence-corrected chi connectivity index (χ0v) is 11.2. The SMILES string of the molecule is CC1CC(N2C3CCC2C(C(=O)O)C3)CC(C)O1. The van der Waals surface area contributed by atoms with Gasteiger partial charge in [-0.05, 0) is 46.0 Å². The van der Waals surface area contributed by atoms with Gasteiger partial charge in [-0.2, -0.15) is 0 Å². The molecule has 5 atom stereocenters. The van der Waals surface area contributed by atoms with Gasteiger partial charge in [0.15, 0.2) is 0 Å². The van der Waals surface area contributed by atoms with Gasteiger partial charge in [0.25, 0.3) is 0 Å². The van der Waals surface area contributed by atoms with Crippen molar-refractivity contribution < 1.29 is 14.6 Å². The molecule has 1 N–H and O–H groups in total. The van der Waals surface area contributed by atoms with Crippen molar-refractivity contribution in [3.8, 4) is 0 Å². The number of rotatable bonds is 2. The number of carboxylic acid groups (broad SMARTS) is 1. The van der Waals surface area contributed by atoms with Crippen molar-refractivity contribution in [1.29, 1.82) is 0 Å². The van der Waals surface area contributed by atoms with Crippen LogP contribution in [0.25, 0.3) is 0 Å². The maximum atomic E-state index is 11.3. The highest BCUT2D eigenvalue weighted by Gasteiger charge is 2.52. The van der Waals surface area contributed by atoms with E-state index in [9.17, 15) is 9.90 Å². The number of carboxylic acids is 1. The normalized spacial score (nSPS) is 48.6. The van der Waals surface area contributed by atoms with Gasteiger partial charge < -0.3 is 9.84 Å². The molecule has 3 saturated heterocycles. The molecule has 3 rings (SSSR count). The summed E-state index contributed by atoms with van der Waals surface area (Å²) in [5.74, 6) is -0.724. The lowest BCUT2D eigenvalue weighted by Crippen LogP contribution is -2.47. The first-order valence-electron chi connectivity index (χ1n) is 7.22. The van der Waals surface area contributed by atoms with Gasteiger partial charge >= 0.3 is 5.97 Å². The van der Waals surface area contributed by atoms with Crippen LogP contribution in [0.1, 0.15) is 46.0 Å². The molecule has 0 aromatic heterocycles. The zero-order valence-electron chi connectivity index (χ0n) is 11.2. The Kier molecular flexibility index (Phi) is 3.10. The summed E-state index contributed by atoms with van der Waals surface area (Å²) in [4.78, 5) is 13.8. The predicted molar refractivity (Wildman–Crippen MR) is 67.4 cm³/mol. The zero-order chi connectivity index (χ0) is 12.9. The fourth-order valence-corrected chi connectivity index (χ4v) is 4.48. The smallest absolute Gasteiger partial charge is 0.308 e. The quantitative estimate of drug-likeness (QED) is 0.816. The highest BCUT2D eigenvalue weighted by atomic mass is 16.5. The summed E-state index contributed by atoms with van der Waals surface area (Å²) in [5.41, 5.74) is 0. The minimum atomic E-state index is -0.597. The first-order chi connectivity index (χ1) is 8.56. The van der Waals surface area contributed by atoms with Crippen molar-refractivity contribution in [2.45, 2.75) is 76.3 Å². The molecule has 0 saturated carbocycles. The summed E-state index contributed by atoms with van der Waals surface area (Å²) in [6.45, 7) is 4.27. The molecule has 0 radical (unpaired) electrons. The molecule has 4 heteroatoms. The summed E-state index contributed by atoms with van der Waals surface area (Å²) in [5, 5.41) is 9.30. The number of hydrogen-bond donors (Lipinski definition) is 1. The average Bonchev–Trinajstić information content (AvgIpc) is 2.84. The first kappa shape index (κ1) is 12.4. The molecule has 3 fully saturated rings. The van der Waals surface area contributed by atoms with Crippen molar-refractivity contribution in [2.24, 2.45) is 5.92 Å². The van der Waals surface area contributed by atoms with Gasteiger partial charge in [0, 0.05) is 18.1 Å². The fourth-order valence-electron chi connectivity index (χ4n) is 4.48. The van der Waals surface area contributed by atoms with Crippen LogP contribution < -0.4 is 0 Å². The number of nitrogens with zero attached hydrogens (tertiary/aromatic N) is 1. The molecule has 0 aliphatic carbocycles. The van der Waals surface area contributed by atoms with Crippen LogP contribution in [0.2, 0.25) is 0 Å². The number of hydrogen-bond acceptors (Lipinski definition) is 3. The molecule has 3 heterocycles. The Morgan fingerprint density at radius 1 is 1.11 bits per heavy atom. The number of ether oxygens (including phenoxy) is 1. The first-order valence-corrected chi connectivity index (χ1v) is 7.22. The van der Waals surface area contributed by atoms with E-state index >= 15 is 0 Å². The standard InChI is InChI=1S/C14H23NO3/c1-8-5-11(6-9(2)18-8)15-10-3-4-13(15)12(7-10)14(16)17/h8-13H,3-7H2,1-2H3,(H,16,17). The lowest BCUT2D eigenvalue weighted by molar-refractivity contribution is -0.143. The Morgan fingerprint density at radius 3 is 2.33 bits per heavy atom. The number of fused-ring (bicyclic) bond motifs is 2. The fraction of sp³-hybridized carbons (Fsp3) is 0.929. The maximum absolute atomic E-state index is 11.3. The van der Waals surface area contributed by atoms with Gasteiger partial charge in [0.2, 0.25) is 0 Å². The van der Waals surface area contributed by atoms with E-state index in [1.165, 1.54) is 6.42 Å². The summed E-state index contributed by atoms with van der Waals surface area (Å²) in [6, 6.07) is 1.33. The van der Waals surface area contributed by atoms with Gasteiger partial charge in [0.1, 0.15) is 0 Å². The minimum absolute atomic E-state index is 0.128. The van der Waals surface area contributed by atoms with Crippen LogP contribution >= 0.6 is 0 Å². The molecular formula is C14H23NO3. The largest absolute Gasteiger partial charge is 0.481 e. The third-order valence-electron chi connectivity index (χ3n) is 5.00. The number of carbonyl (C=O) groups is 1. The van der Waals surface area contributed by atoms with Crippen molar-refractivity contribution in [3.05, 3.63) is 0 Å². The molecule has 3 aliphatic heterocycles. The van der Waals surface area contributed by atoms with E-state index in [-0.39, 0.29) is 12.0 Å². The Bertz CT molecular complexity index is 336. The second-order valence-corrected chi connectivity index (χ2v) is 6.31. The van der Waals surface area contributed by atoms with Crippen LogP contribution in [0, 0.1) is 5.92 Å². The Labute approximate surface area is 108 Å². The van der Waals surface area contributed by atoms with E-state index in [4.69, 9.17) is 4.74 Å². The summed E-state index contributed by atoms with van der Waals surface area (Å²) >= 11 is 0. The molecule has 0 aromatic carbocycles. The van der Waals surface area contributed by atoms with Crippen LogP contribution in [-0.2, 0) is 9.53 Å². The van der Waals surface area contributed by atoms with Gasteiger partial charge in [-0.3, -0.25) is 9.69 Å². The third kappa shape index (κ3) is 1.95. The predicted octanol–water partition coefficient (Wildman–Crippen LogP) is 1.88. The van der Waals surface area contributed by atoms with E-state index < -0.39 is 5.97 Å². The van der Waals surface area contributed by atoms with E-state index in [1.807, 2.05) is 0 Å². The van der Waals surface area contributed by atoms with E-state index in [2.05, 4.69) is 18.7 Å². The average molecular weight is 253 g/mol. The van der Waals surface area contributed by atoms with Gasteiger partial charge in [-0.15, -0.1) is 0 Å². The maximum Gasteiger partial charge on any atom is 0.308 e. The highest BCUT2D eigenvalue weighted by Crippen LogP contribution is 2.45. The molecule has 18 heavy (non-hydrogen) atoms. The van der Waals surface area contributed by atoms with Crippen LogP contribution in [0.3, 0.4) is 0 Å². The van der Waals surface area contributed by atoms with Crippen molar-refractivity contribution in [3.63, 3.8) is 0 Å². The number of aliphatic carboxylic acids is 1. The summed E-state index contributed by atoms with van der Waals surface area (Å²) in [6.07, 6.45) is 5.85. The Balaban J connectivity index is 1.75. The lowest BCUT2D eigenvalue weighted by Gasteiger charge is -2.40. The molecule has 2 bridgehead atoms. The van der Waals surface area contributed by atoms with E-state index in [1.54, 1.807) is 0 Å². The summed E-state index contributed by atoms with van der Waals surface area (Å²) in [7, 11) is 0. The molecule has 0 amide bonds. The molecule has 0 aromatic rings. The van der Waals surface area contributed by atoms with Gasteiger partial charge in [0.05, 0.1) is 18.1 Å². The second kappa shape index (κ2) is 4.49. The molecule has 0 spiro atoms. The van der Waals surface area contributed by atoms with E-state index in [0.29, 0.717) is 24.3 Å². The monoisotopic (exact) mass is 253 g/mol. The van der Waals surface area contributed by atoms with Crippen molar-refractivity contribution in [1.82, 2.24) is 4.90 Å². The molecule has 102 valence electrons. The van der Waals surface area contributed by atoms with E-state index in [0.717, 1.165) is 25.7 Å². The van der Waals surface area contributed by atoms with Crippen LogP contribution in [0.5, 0.6) is 0 Å². The molecule has 3 aliphatic rings. The van der Waals surface area contributed by atoms with Crippen LogP contribution in [0.15, 0.2) is 0 Å². The molecule has 4 nitrogen and oxygen atoms in total. The van der Waals surface area contributed by atoms with Gasteiger partial charge in [-0.1, -0.05) is 0 Å². The molecular weight excluding hydrogens is 230 g/mol. The molecule has 5 unspecified atom stereocenters. The topological polar surface area (TPSA) is 49.8 Å². The van der Waals surface area contributed by atoms with Crippen molar-refractivity contribution in [2.75, 3.05) is 0 Å². The highest BCUT2D eigenvalue weighted by molar-refractivity contribution is 5.71. The van der Waals surface area contributed by atoms with Crippen molar-refractivity contribution >= 4 is 5.97 Å².